The molecule has 2 rings (SSSR count). The first-order valence-corrected chi connectivity index (χ1v) is 7.26. The summed E-state index contributed by atoms with van der Waals surface area (Å²) in [6.07, 6.45) is 1.68. The molecule has 0 spiro atoms. The Labute approximate surface area is 112 Å². The second-order valence-corrected chi connectivity index (χ2v) is 5.77. The van der Waals surface area contributed by atoms with Gasteiger partial charge in [0.1, 0.15) is 0 Å². The van der Waals surface area contributed by atoms with Gasteiger partial charge in [0.25, 0.3) is 10.0 Å². The Morgan fingerprint density at radius 1 is 1.26 bits per heavy atom. The molecular formula is C12H16N4O2S. The van der Waals surface area contributed by atoms with E-state index in [9.17, 15) is 8.42 Å². The van der Waals surface area contributed by atoms with Crippen LogP contribution in [0.2, 0.25) is 0 Å². The van der Waals surface area contributed by atoms with Crippen LogP contribution in [0.3, 0.4) is 0 Å². The van der Waals surface area contributed by atoms with Crippen LogP contribution < -0.4 is 10.0 Å². The first-order valence-electron chi connectivity index (χ1n) is 5.78. The van der Waals surface area contributed by atoms with E-state index in [-0.39, 0.29) is 4.90 Å². The van der Waals surface area contributed by atoms with E-state index < -0.39 is 10.0 Å². The van der Waals surface area contributed by atoms with Gasteiger partial charge in [-0.1, -0.05) is 18.2 Å². The van der Waals surface area contributed by atoms with E-state index in [0.29, 0.717) is 17.9 Å². The molecule has 0 unspecified atom stereocenters. The zero-order chi connectivity index (χ0) is 13.9. The Kier molecular flexibility index (Phi) is 3.87. The van der Waals surface area contributed by atoms with Crippen molar-refractivity contribution in [3.8, 4) is 0 Å². The number of hydrogen-bond donors (Lipinski definition) is 2. The van der Waals surface area contributed by atoms with Gasteiger partial charge in [0.05, 0.1) is 4.90 Å². The Morgan fingerprint density at radius 2 is 2.00 bits per heavy atom. The van der Waals surface area contributed by atoms with Crippen LogP contribution in [0.5, 0.6) is 0 Å². The highest BCUT2D eigenvalue weighted by Crippen LogP contribution is 2.18. The number of benzene rings is 1. The Bertz CT molecular complexity index is 664. The van der Waals surface area contributed by atoms with Gasteiger partial charge in [-0.25, -0.2) is 8.42 Å². The zero-order valence-electron chi connectivity index (χ0n) is 10.8. The van der Waals surface area contributed by atoms with Gasteiger partial charge in [0.2, 0.25) is 0 Å². The summed E-state index contributed by atoms with van der Waals surface area (Å²) in [4.78, 5) is 0.259. The fourth-order valence-corrected chi connectivity index (χ4v) is 3.00. The molecule has 0 aliphatic rings. The van der Waals surface area contributed by atoms with Gasteiger partial charge in [-0.05, 0) is 18.7 Å². The van der Waals surface area contributed by atoms with Crippen molar-refractivity contribution >= 4 is 15.8 Å². The average molecular weight is 280 g/mol. The van der Waals surface area contributed by atoms with Crippen molar-refractivity contribution in [1.82, 2.24) is 15.1 Å². The highest BCUT2D eigenvalue weighted by Gasteiger charge is 2.18. The van der Waals surface area contributed by atoms with Crippen molar-refractivity contribution in [3.05, 3.63) is 42.1 Å². The first-order chi connectivity index (χ1) is 9.03. The summed E-state index contributed by atoms with van der Waals surface area (Å²) in [6.45, 7) is 0.485. The molecule has 0 fully saturated rings. The van der Waals surface area contributed by atoms with Crippen LogP contribution in [-0.2, 0) is 23.6 Å². The van der Waals surface area contributed by atoms with Crippen molar-refractivity contribution in [3.63, 3.8) is 0 Å². The molecule has 102 valence electrons. The standard InChI is InChI=1S/C12H16N4O2S/c1-13-9-10-5-3-4-6-11(10)19(17,18)15-12-7-8-16(2)14-12/h3-8,13H,9H2,1-2H3,(H,14,15). The predicted molar refractivity (Wildman–Crippen MR) is 73.2 cm³/mol. The summed E-state index contributed by atoms with van der Waals surface area (Å²) in [5.74, 6) is 0.307. The maximum absolute atomic E-state index is 12.3. The van der Waals surface area contributed by atoms with Gasteiger partial charge in [0.15, 0.2) is 5.82 Å². The van der Waals surface area contributed by atoms with Crippen LogP contribution in [0.25, 0.3) is 0 Å². The topological polar surface area (TPSA) is 76.0 Å². The number of aryl methyl sites for hydroxylation is 1. The van der Waals surface area contributed by atoms with E-state index in [1.165, 1.54) is 4.68 Å². The molecule has 7 heteroatoms. The molecule has 0 aliphatic heterocycles. The maximum atomic E-state index is 12.3. The summed E-state index contributed by atoms with van der Waals surface area (Å²) < 4.78 is 28.6. The fourth-order valence-electron chi connectivity index (χ4n) is 1.76. The van der Waals surface area contributed by atoms with Crippen molar-refractivity contribution in [2.75, 3.05) is 11.8 Å². The second kappa shape index (κ2) is 5.41. The lowest BCUT2D eigenvalue weighted by Gasteiger charge is -2.10. The van der Waals surface area contributed by atoms with Crippen LogP contribution in [-0.4, -0.2) is 25.2 Å². The van der Waals surface area contributed by atoms with Crippen molar-refractivity contribution in [2.45, 2.75) is 11.4 Å². The molecule has 1 aromatic heterocycles. The molecular weight excluding hydrogens is 264 g/mol. The predicted octanol–water partition coefficient (Wildman–Crippen LogP) is 0.940. The Morgan fingerprint density at radius 3 is 2.63 bits per heavy atom. The van der Waals surface area contributed by atoms with Gasteiger partial charge < -0.3 is 5.32 Å². The van der Waals surface area contributed by atoms with Gasteiger partial charge in [-0.15, -0.1) is 0 Å². The summed E-state index contributed by atoms with van der Waals surface area (Å²) >= 11 is 0. The number of rotatable bonds is 5. The third kappa shape index (κ3) is 3.12. The molecule has 2 aromatic rings. The summed E-state index contributed by atoms with van der Waals surface area (Å²) in [7, 11) is -0.116. The number of hydrogen-bond acceptors (Lipinski definition) is 4. The summed E-state index contributed by atoms with van der Waals surface area (Å²) in [6, 6.07) is 8.48. The quantitative estimate of drug-likeness (QED) is 0.854. The third-order valence-corrected chi connectivity index (χ3v) is 4.04. The molecule has 1 aromatic carbocycles. The number of sulfonamides is 1. The summed E-state index contributed by atoms with van der Waals surface area (Å²) in [5, 5.41) is 6.96. The highest BCUT2D eigenvalue weighted by molar-refractivity contribution is 7.92. The van der Waals surface area contributed by atoms with Crippen LogP contribution >= 0.6 is 0 Å². The van der Waals surface area contributed by atoms with Crippen molar-refractivity contribution in [1.29, 1.82) is 0 Å². The molecule has 2 N–H and O–H groups in total. The SMILES string of the molecule is CNCc1ccccc1S(=O)(=O)Nc1ccn(C)n1. The van der Waals surface area contributed by atoms with E-state index in [4.69, 9.17) is 0 Å². The normalized spacial score (nSPS) is 11.5. The number of nitrogens with zero attached hydrogens (tertiary/aromatic N) is 2. The number of nitrogens with one attached hydrogen (secondary N) is 2. The van der Waals surface area contributed by atoms with Gasteiger partial charge in [0, 0.05) is 25.9 Å². The van der Waals surface area contributed by atoms with E-state index >= 15 is 0 Å². The molecule has 0 saturated heterocycles. The lowest BCUT2D eigenvalue weighted by Crippen LogP contribution is -2.17. The van der Waals surface area contributed by atoms with E-state index in [2.05, 4.69) is 15.1 Å². The van der Waals surface area contributed by atoms with Crippen molar-refractivity contribution in [2.24, 2.45) is 7.05 Å². The molecule has 6 nitrogen and oxygen atoms in total. The van der Waals surface area contributed by atoms with E-state index in [1.54, 1.807) is 44.6 Å². The minimum Gasteiger partial charge on any atom is -0.316 e. The zero-order valence-corrected chi connectivity index (χ0v) is 11.6. The Balaban J connectivity index is 2.34. The van der Waals surface area contributed by atoms with Gasteiger partial charge >= 0.3 is 0 Å². The van der Waals surface area contributed by atoms with E-state index in [0.717, 1.165) is 0 Å². The largest absolute Gasteiger partial charge is 0.316 e. The first kappa shape index (κ1) is 13.6. The van der Waals surface area contributed by atoms with Gasteiger partial charge in [-0.2, -0.15) is 5.10 Å². The smallest absolute Gasteiger partial charge is 0.263 e. The van der Waals surface area contributed by atoms with Crippen LogP contribution in [0.4, 0.5) is 5.82 Å². The number of aromatic nitrogens is 2. The maximum Gasteiger partial charge on any atom is 0.263 e. The van der Waals surface area contributed by atoms with E-state index in [1.807, 2.05) is 6.07 Å². The molecule has 0 amide bonds. The number of anilines is 1. The second-order valence-electron chi connectivity index (χ2n) is 4.12. The molecule has 1 heterocycles. The van der Waals surface area contributed by atoms with Crippen LogP contribution in [0, 0.1) is 0 Å². The molecule has 0 radical (unpaired) electrons. The molecule has 0 atom stereocenters. The molecule has 19 heavy (non-hydrogen) atoms. The fraction of sp³-hybridized carbons (Fsp3) is 0.250. The van der Waals surface area contributed by atoms with Crippen LogP contribution in [0.1, 0.15) is 5.56 Å². The minimum absolute atomic E-state index is 0.259. The van der Waals surface area contributed by atoms with Crippen LogP contribution in [0.15, 0.2) is 41.4 Å². The van der Waals surface area contributed by atoms with Crippen molar-refractivity contribution < 1.29 is 8.42 Å². The third-order valence-electron chi connectivity index (χ3n) is 2.58. The monoisotopic (exact) mass is 280 g/mol. The van der Waals surface area contributed by atoms with Gasteiger partial charge in [-0.3, -0.25) is 9.40 Å². The lowest BCUT2D eigenvalue weighted by atomic mass is 10.2. The molecule has 0 saturated carbocycles. The minimum atomic E-state index is -3.62. The Hall–Kier alpha value is -1.86. The average Bonchev–Trinajstić information content (AvgIpc) is 2.75. The summed E-state index contributed by atoms with van der Waals surface area (Å²) in [5.41, 5.74) is 0.716. The molecule has 0 bridgehead atoms. The lowest BCUT2D eigenvalue weighted by molar-refractivity contribution is 0.599. The highest BCUT2D eigenvalue weighted by atomic mass is 32.2. The molecule has 0 aliphatic carbocycles.